The molecule has 1 N–H and O–H groups in total. The Bertz CT molecular complexity index is 725. The number of nitrogens with zero attached hydrogens (tertiary/aromatic N) is 1. The molecular formula is C13H9ClN2S. The van der Waals surface area contributed by atoms with Gasteiger partial charge in [0, 0.05) is 16.8 Å². The summed E-state index contributed by atoms with van der Waals surface area (Å²) >= 11 is 11.2. The van der Waals surface area contributed by atoms with Crippen LogP contribution in [0.5, 0.6) is 0 Å². The van der Waals surface area contributed by atoms with Crippen molar-refractivity contribution in [3.8, 4) is 11.3 Å². The minimum absolute atomic E-state index is 0.700. The minimum Gasteiger partial charge on any atom is -0.330 e. The SMILES string of the molecule is S=c1[nH]c(-c2ccc(Cl)cc2)c2ccccn12. The van der Waals surface area contributed by atoms with Crippen LogP contribution in [0.1, 0.15) is 0 Å². The van der Waals surface area contributed by atoms with Crippen LogP contribution in [0.2, 0.25) is 5.02 Å². The van der Waals surface area contributed by atoms with Gasteiger partial charge in [-0.05, 0) is 36.5 Å². The van der Waals surface area contributed by atoms with Crippen LogP contribution >= 0.6 is 23.8 Å². The number of hydrogen-bond donors (Lipinski definition) is 1. The number of pyridine rings is 1. The van der Waals surface area contributed by atoms with Gasteiger partial charge >= 0.3 is 0 Å². The van der Waals surface area contributed by atoms with Gasteiger partial charge in [-0.2, -0.15) is 0 Å². The van der Waals surface area contributed by atoms with Gasteiger partial charge < -0.3 is 4.98 Å². The minimum atomic E-state index is 0.700. The van der Waals surface area contributed by atoms with Crippen molar-refractivity contribution in [1.29, 1.82) is 0 Å². The second kappa shape index (κ2) is 4.02. The molecule has 0 saturated carbocycles. The average molecular weight is 261 g/mol. The molecule has 3 rings (SSSR count). The van der Waals surface area contributed by atoms with Gasteiger partial charge in [-0.1, -0.05) is 29.8 Å². The molecule has 0 unspecified atom stereocenters. The summed E-state index contributed by atoms with van der Waals surface area (Å²) in [5, 5.41) is 0.732. The van der Waals surface area contributed by atoms with Crippen LogP contribution < -0.4 is 0 Å². The van der Waals surface area contributed by atoms with Gasteiger partial charge in [-0.25, -0.2) is 0 Å². The first-order valence-electron chi connectivity index (χ1n) is 5.21. The molecule has 0 aliphatic rings. The molecule has 3 aromatic rings. The zero-order valence-electron chi connectivity index (χ0n) is 8.85. The smallest absolute Gasteiger partial charge is 0.182 e. The summed E-state index contributed by atoms with van der Waals surface area (Å²) < 4.78 is 2.66. The van der Waals surface area contributed by atoms with Gasteiger partial charge in [0.2, 0.25) is 0 Å². The Morgan fingerprint density at radius 2 is 1.82 bits per heavy atom. The summed E-state index contributed by atoms with van der Waals surface area (Å²) in [6.45, 7) is 0. The van der Waals surface area contributed by atoms with Crippen molar-refractivity contribution in [2.24, 2.45) is 0 Å². The lowest BCUT2D eigenvalue weighted by atomic mass is 10.1. The Labute approximate surface area is 108 Å². The topological polar surface area (TPSA) is 20.2 Å². The van der Waals surface area contributed by atoms with E-state index in [1.165, 1.54) is 0 Å². The van der Waals surface area contributed by atoms with Crippen molar-refractivity contribution in [2.45, 2.75) is 0 Å². The highest BCUT2D eigenvalue weighted by molar-refractivity contribution is 7.71. The number of benzene rings is 1. The normalized spacial score (nSPS) is 10.9. The number of aromatic amines is 1. The largest absolute Gasteiger partial charge is 0.330 e. The predicted molar refractivity (Wildman–Crippen MR) is 73.0 cm³/mol. The van der Waals surface area contributed by atoms with Crippen LogP contribution in [0.25, 0.3) is 16.8 Å². The zero-order chi connectivity index (χ0) is 11.8. The van der Waals surface area contributed by atoms with E-state index in [-0.39, 0.29) is 0 Å². The molecule has 0 saturated heterocycles. The number of aromatic nitrogens is 2. The van der Waals surface area contributed by atoms with Gasteiger partial charge in [0.05, 0.1) is 11.2 Å². The Kier molecular flexibility index (Phi) is 2.50. The Morgan fingerprint density at radius 3 is 2.59 bits per heavy atom. The molecular weight excluding hydrogens is 252 g/mol. The van der Waals surface area contributed by atoms with Crippen LogP contribution in [0, 0.1) is 4.77 Å². The third-order valence-corrected chi connectivity index (χ3v) is 3.25. The highest BCUT2D eigenvalue weighted by Crippen LogP contribution is 2.24. The second-order valence-corrected chi connectivity index (χ2v) is 4.59. The molecule has 2 aromatic heterocycles. The zero-order valence-corrected chi connectivity index (χ0v) is 10.4. The lowest BCUT2D eigenvalue weighted by Crippen LogP contribution is -1.81. The molecule has 0 amide bonds. The summed E-state index contributed by atoms with van der Waals surface area (Å²) in [6, 6.07) is 13.7. The Morgan fingerprint density at radius 1 is 1.06 bits per heavy atom. The fourth-order valence-electron chi connectivity index (χ4n) is 1.89. The maximum Gasteiger partial charge on any atom is 0.182 e. The summed E-state index contributed by atoms with van der Waals surface area (Å²) in [5.41, 5.74) is 3.17. The highest BCUT2D eigenvalue weighted by Gasteiger charge is 2.06. The van der Waals surface area contributed by atoms with E-state index in [4.69, 9.17) is 23.8 Å². The van der Waals surface area contributed by atoms with Crippen molar-refractivity contribution in [3.63, 3.8) is 0 Å². The maximum absolute atomic E-state index is 5.89. The number of rotatable bonds is 1. The van der Waals surface area contributed by atoms with Gasteiger partial charge in [-0.15, -0.1) is 0 Å². The fourth-order valence-corrected chi connectivity index (χ4v) is 2.28. The third-order valence-electron chi connectivity index (χ3n) is 2.70. The summed E-state index contributed by atoms with van der Waals surface area (Å²) in [4.78, 5) is 3.22. The van der Waals surface area contributed by atoms with Crippen LogP contribution in [-0.4, -0.2) is 9.38 Å². The number of hydrogen-bond acceptors (Lipinski definition) is 1. The summed E-state index contributed by atoms with van der Waals surface area (Å²) in [5.74, 6) is 0. The number of fused-ring (bicyclic) bond motifs is 1. The Balaban J connectivity index is 2.31. The van der Waals surface area contributed by atoms with Crippen LogP contribution in [0.4, 0.5) is 0 Å². The predicted octanol–water partition coefficient (Wildman–Crippen LogP) is 4.32. The van der Waals surface area contributed by atoms with Crippen molar-refractivity contribution in [3.05, 3.63) is 58.5 Å². The first kappa shape index (κ1) is 10.6. The van der Waals surface area contributed by atoms with E-state index in [1.807, 2.05) is 53.1 Å². The first-order valence-corrected chi connectivity index (χ1v) is 5.99. The van der Waals surface area contributed by atoms with Gasteiger partial charge in [0.1, 0.15) is 0 Å². The molecule has 84 valence electrons. The summed E-state index contributed by atoms with van der Waals surface area (Å²) in [6.07, 6.45) is 1.95. The van der Waals surface area contributed by atoms with Crippen molar-refractivity contribution in [1.82, 2.24) is 9.38 Å². The van der Waals surface area contributed by atoms with Gasteiger partial charge in [0.15, 0.2) is 4.77 Å². The van der Waals surface area contributed by atoms with E-state index in [0.29, 0.717) is 4.77 Å². The Hall–Kier alpha value is -1.58. The molecule has 0 fully saturated rings. The van der Waals surface area contributed by atoms with E-state index in [9.17, 15) is 0 Å². The molecule has 0 radical (unpaired) electrons. The van der Waals surface area contributed by atoms with E-state index in [1.54, 1.807) is 0 Å². The number of imidazole rings is 1. The number of nitrogens with one attached hydrogen (secondary N) is 1. The molecule has 1 aromatic carbocycles. The standard InChI is InChI=1S/C13H9ClN2S/c14-10-6-4-9(5-7-10)12-11-3-1-2-8-16(11)13(17)15-12/h1-8H,(H,15,17). The molecule has 2 nitrogen and oxygen atoms in total. The molecule has 2 heterocycles. The molecule has 0 aliphatic carbocycles. The van der Waals surface area contributed by atoms with Crippen LogP contribution in [0.3, 0.4) is 0 Å². The molecule has 4 heteroatoms. The van der Waals surface area contributed by atoms with Gasteiger partial charge in [0.25, 0.3) is 0 Å². The van der Waals surface area contributed by atoms with Crippen LogP contribution in [-0.2, 0) is 0 Å². The summed E-state index contributed by atoms with van der Waals surface area (Å²) in [7, 11) is 0. The quantitative estimate of drug-likeness (QED) is 0.646. The van der Waals surface area contributed by atoms with Crippen LogP contribution in [0.15, 0.2) is 48.7 Å². The first-order chi connectivity index (χ1) is 8.25. The van der Waals surface area contributed by atoms with Crippen molar-refractivity contribution >= 4 is 29.3 Å². The molecule has 0 bridgehead atoms. The van der Waals surface area contributed by atoms with E-state index >= 15 is 0 Å². The maximum atomic E-state index is 5.89. The average Bonchev–Trinajstić information content (AvgIpc) is 2.69. The van der Waals surface area contributed by atoms with E-state index in [2.05, 4.69) is 4.98 Å². The van der Waals surface area contributed by atoms with Crippen molar-refractivity contribution < 1.29 is 0 Å². The van der Waals surface area contributed by atoms with E-state index in [0.717, 1.165) is 21.8 Å². The molecule has 0 atom stereocenters. The molecule has 0 spiro atoms. The van der Waals surface area contributed by atoms with Crippen molar-refractivity contribution in [2.75, 3.05) is 0 Å². The second-order valence-electron chi connectivity index (χ2n) is 3.77. The highest BCUT2D eigenvalue weighted by atomic mass is 35.5. The lowest BCUT2D eigenvalue weighted by Gasteiger charge is -1.99. The van der Waals surface area contributed by atoms with Gasteiger partial charge in [-0.3, -0.25) is 4.40 Å². The fraction of sp³-hybridized carbons (Fsp3) is 0. The lowest BCUT2D eigenvalue weighted by molar-refractivity contribution is 1.12. The number of halogens is 1. The molecule has 0 aliphatic heterocycles. The number of H-pyrrole nitrogens is 1. The molecule has 17 heavy (non-hydrogen) atoms. The third kappa shape index (κ3) is 1.77. The van der Waals surface area contributed by atoms with E-state index < -0.39 is 0 Å². The monoisotopic (exact) mass is 260 g/mol.